The van der Waals surface area contributed by atoms with E-state index in [0.717, 1.165) is 5.56 Å². The van der Waals surface area contributed by atoms with Crippen LogP contribution in [0.5, 0.6) is 0 Å². The minimum Gasteiger partial charge on any atom is -0.479 e. The summed E-state index contributed by atoms with van der Waals surface area (Å²) >= 11 is 0. The number of nitrogens with one attached hydrogen (secondary N) is 1. The van der Waals surface area contributed by atoms with Crippen molar-refractivity contribution in [2.24, 2.45) is 0 Å². The summed E-state index contributed by atoms with van der Waals surface area (Å²) < 4.78 is 5.11. The standard InChI is InChI=1S/C14H17NO4/c1-10(11-5-3-2-4-6-11)12(16)15-14(13(17)18)7-8-19-9-14/h2-6,10H,7-9H2,1H3,(H,15,16)(H,17,18)/t10-,14?/m1/s1. The van der Waals surface area contributed by atoms with Crippen molar-refractivity contribution >= 4 is 11.9 Å². The van der Waals surface area contributed by atoms with E-state index in [2.05, 4.69) is 5.32 Å². The molecule has 1 amide bonds. The van der Waals surface area contributed by atoms with Crippen molar-refractivity contribution in [3.05, 3.63) is 35.9 Å². The maximum atomic E-state index is 12.2. The van der Waals surface area contributed by atoms with Crippen LogP contribution in [0.4, 0.5) is 0 Å². The van der Waals surface area contributed by atoms with Crippen molar-refractivity contribution in [1.29, 1.82) is 0 Å². The van der Waals surface area contributed by atoms with Crippen LogP contribution in [0.1, 0.15) is 24.8 Å². The molecule has 1 aromatic carbocycles. The number of rotatable bonds is 4. The molecule has 1 aliphatic rings. The first-order valence-corrected chi connectivity index (χ1v) is 6.23. The maximum absolute atomic E-state index is 12.2. The van der Waals surface area contributed by atoms with Crippen LogP contribution in [-0.2, 0) is 14.3 Å². The average Bonchev–Trinajstić information content (AvgIpc) is 2.88. The van der Waals surface area contributed by atoms with Gasteiger partial charge in [0, 0.05) is 13.0 Å². The number of aliphatic carboxylic acids is 1. The molecule has 1 unspecified atom stereocenters. The summed E-state index contributed by atoms with van der Waals surface area (Å²) in [7, 11) is 0. The molecule has 0 saturated carbocycles. The molecule has 1 fully saturated rings. The number of amides is 1. The number of carboxylic acids is 1. The predicted molar refractivity (Wildman–Crippen MR) is 68.8 cm³/mol. The third-order valence-corrected chi connectivity index (χ3v) is 3.49. The first-order chi connectivity index (χ1) is 9.05. The number of carbonyl (C=O) groups is 2. The Morgan fingerprint density at radius 1 is 1.37 bits per heavy atom. The van der Waals surface area contributed by atoms with E-state index in [-0.39, 0.29) is 12.5 Å². The van der Waals surface area contributed by atoms with Gasteiger partial charge in [-0.25, -0.2) is 4.79 Å². The fourth-order valence-electron chi connectivity index (χ4n) is 2.12. The summed E-state index contributed by atoms with van der Waals surface area (Å²) in [5, 5.41) is 11.9. The van der Waals surface area contributed by atoms with Gasteiger partial charge in [0.05, 0.1) is 12.5 Å². The third-order valence-electron chi connectivity index (χ3n) is 3.49. The minimum absolute atomic E-state index is 0.0234. The number of carbonyl (C=O) groups excluding carboxylic acids is 1. The number of benzene rings is 1. The molecule has 1 saturated heterocycles. The molecule has 2 N–H and O–H groups in total. The van der Waals surface area contributed by atoms with Gasteiger partial charge in [-0.3, -0.25) is 4.79 Å². The normalized spacial score (nSPS) is 23.8. The van der Waals surface area contributed by atoms with Gasteiger partial charge in [0.2, 0.25) is 5.91 Å². The Balaban J connectivity index is 2.10. The van der Waals surface area contributed by atoms with E-state index in [9.17, 15) is 14.7 Å². The van der Waals surface area contributed by atoms with Crippen molar-refractivity contribution in [1.82, 2.24) is 5.32 Å². The molecule has 1 aromatic rings. The van der Waals surface area contributed by atoms with Gasteiger partial charge in [-0.1, -0.05) is 30.3 Å². The zero-order valence-corrected chi connectivity index (χ0v) is 10.8. The fourth-order valence-corrected chi connectivity index (χ4v) is 2.12. The lowest BCUT2D eigenvalue weighted by atomic mass is 9.95. The highest BCUT2D eigenvalue weighted by atomic mass is 16.5. The SMILES string of the molecule is C[C@@H](C(=O)NC1(C(=O)O)CCOC1)c1ccccc1. The highest BCUT2D eigenvalue weighted by Crippen LogP contribution is 2.22. The van der Waals surface area contributed by atoms with E-state index >= 15 is 0 Å². The number of hydrogen-bond donors (Lipinski definition) is 2. The van der Waals surface area contributed by atoms with Crippen molar-refractivity contribution in [3.63, 3.8) is 0 Å². The van der Waals surface area contributed by atoms with E-state index in [1.54, 1.807) is 6.92 Å². The van der Waals surface area contributed by atoms with Gasteiger partial charge in [0.1, 0.15) is 0 Å². The molecule has 0 aromatic heterocycles. The molecule has 2 atom stereocenters. The molecule has 0 radical (unpaired) electrons. The quantitative estimate of drug-likeness (QED) is 0.854. The predicted octanol–water partition coefficient (Wildman–Crippen LogP) is 1.15. The molecule has 19 heavy (non-hydrogen) atoms. The highest BCUT2D eigenvalue weighted by molar-refractivity contribution is 5.90. The number of hydrogen-bond acceptors (Lipinski definition) is 3. The zero-order chi connectivity index (χ0) is 13.9. The van der Waals surface area contributed by atoms with Crippen LogP contribution in [0.25, 0.3) is 0 Å². The second-order valence-electron chi connectivity index (χ2n) is 4.81. The zero-order valence-electron chi connectivity index (χ0n) is 10.8. The lowest BCUT2D eigenvalue weighted by molar-refractivity contribution is -0.147. The summed E-state index contributed by atoms with van der Waals surface area (Å²) in [5.41, 5.74) is -0.417. The van der Waals surface area contributed by atoms with Crippen molar-refractivity contribution < 1.29 is 19.4 Å². The fraction of sp³-hybridized carbons (Fsp3) is 0.429. The average molecular weight is 263 g/mol. The van der Waals surface area contributed by atoms with Crippen LogP contribution in [0, 0.1) is 0 Å². The molecule has 1 heterocycles. The first-order valence-electron chi connectivity index (χ1n) is 6.23. The molecule has 5 nitrogen and oxygen atoms in total. The maximum Gasteiger partial charge on any atom is 0.331 e. The molecule has 1 aliphatic heterocycles. The van der Waals surface area contributed by atoms with E-state index in [4.69, 9.17) is 4.74 Å². The number of carboxylic acid groups (broad SMARTS) is 1. The van der Waals surface area contributed by atoms with E-state index in [0.29, 0.717) is 13.0 Å². The van der Waals surface area contributed by atoms with Crippen LogP contribution in [-0.4, -0.2) is 35.7 Å². The molecule has 2 rings (SSSR count). The second-order valence-corrected chi connectivity index (χ2v) is 4.81. The first kappa shape index (κ1) is 13.5. The van der Waals surface area contributed by atoms with E-state index in [1.165, 1.54) is 0 Å². The largest absolute Gasteiger partial charge is 0.479 e. The smallest absolute Gasteiger partial charge is 0.331 e. The lowest BCUT2D eigenvalue weighted by Gasteiger charge is -2.25. The van der Waals surface area contributed by atoms with Gasteiger partial charge in [0.25, 0.3) is 0 Å². The Hall–Kier alpha value is -1.88. The Kier molecular flexibility index (Phi) is 3.85. The molecule has 102 valence electrons. The van der Waals surface area contributed by atoms with Crippen molar-refractivity contribution in [2.75, 3.05) is 13.2 Å². The van der Waals surface area contributed by atoms with E-state index in [1.807, 2.05) is 30.3 Å². The van der Waals surface area contributed by atoms with Crippen LogP contribution in [0.15, 0.2) is 30.3 Å². The Bertz CT molecular complexity index is 466. The second kappa shape index (κ2) is 5.40. The van der Waals surface area contributed by atoms with Crippen LogP contribution in [0.3, 0.4) is 0 Å². The number of ether oxygens (including phenoxy) is 1. The topological polar surface area (TPSA) is 75.6 Å². The van der Waals surface area contributed by atoms with Crippen LogP contribution < -0.4 is 5.32 Å². The van der Waals surface area contributed by atoms with Gasteiger partial charge in [0.15, 0.2) is 5.54 Å². The summed E-state index contributed by atoms with van der Waals surface area (Å²) in [6.45, 7) is 2.14. The Morgan fingerprint density at radius 3 is 2.58 bits per heavy atom. The van der Waals surface area contributed by atoms with E-state index < -0.39 is 17.4 Å². The molecule has 0 spiro atoms. The van der Waals surface area contributed by atoms with Gasteiger partial charge in [-0.15, -0.1) is 0 Å². The summed E-state index contributed by atoms with van der Waals surface area (Å²) in [4.78, 5) is 23.5. The lowest BCUT2D eigenvalue weighted by Crippen LogP contribution is -2.56. The molecule has 0 aliphatic carbocycles. The highest BCUT2D eigenvalue weighted by Gasteiger charge is 2.44. The van der Waals surface area contributed by atoms with Gasteiger partial charge >= 0.3 is 5.97 Å². The molecular formula is C14H17NO4. The van der Waals surface area contributed by atoms with Gasteiger partial charge in [-0.2, -0.15) is 0 Å². The molecule has 5 heteroatoms. The van der Waals surface area contributed by atoms with Crippen molar-refractivity contribution in [2.45, 2.75) is 24.8 Å². The van der Waals surface area contributed by atoms with Crippen LogP contribution in [0.2, 0.25) is 0 Å². The molecular weight excluding hydrogens is 246 g/mol. The summed E-state index contributed by atoms with van der Waals surface area (Å²) in [6.07, 6.45) is 0.301. The van der Waals surface area contributed by atoms with Gasteiger partial charge in [-0.05, 0) is 12.5 Å². The monoisotopic (exact) mass is 263 g/mol. The Morgan fingerprint density at radius 2 is 2.05 bits per heavy atom. The van der Waals surface area contributed by atoms with Crippen molar-refractivity contribution in [3.8, 4) is 0 Å². The minimum atomic E-state index is -1.28. The van der Waals surface area contributed by atoms with Crippen LogP contribution >= 0.6 is 0 Å². The Labute approximate surface area is 111 Å². The van der Waals surface area contributed by atoms with Gasteiger partial charge < -0.3 is 15.2 Å². The summed E-state index contributed by atoms with van der Waals surface area (Å²) in [6, 6.07) is 9.28. The summed E-state index contributed by atoms with van der Waals surface area (Å²) in [5.74, 6) is -1.73. The third kappa shape index (κ3) is 2.76. The molecule has 0 bridgehead atoms.